The number of hydrogen-bond acceptors (Lipinski definition) is 6. The Labute approximate surface area is 230 Å². The van der Waals surface area contributed by atoms with Crippen molar-refractivity contribution in [3.63, 3.8) is 0 Å². The fourth-order valence-electron chi connectivity index (χ4n) is 5.59. The molecule has 0 radical (unpaired) electrons. The predicted octanol–water partition coefficient (Wildman–Crippen LogP) is 4.92. The van der Waals surface area contributed by atoms with Gasteiger partial charge >= 0.3 is 0 Å². The van der Waals surface area contributed by atoms with Crippen LogP contribution in [0.5, 0.6) is 0 Å². The van der Waals surface area contributed by atoms with E-state index in [-0.39, 0.29) is 5.25 Å². The van der Waals surface area contributed by atoms with Crippen LogP contribution in [0.4, 0.5) is 5.69 Å². The zero-order valence-electron chi connectivity index (χ0n) is 22.9. The SMILES string of the molecule is COCCN1CCN(c2ccc(-c3cc4c(cc(-c5ccc(S(=O)(=O)C6CC6)cc5)n4C)c(C)n3)cc2)CC1. The Morgan fingerprint density at radius 3 is 2.23 bits per heavy atom. The number of anilines is 1. The summed E-state index contributed by atoms with van der Waals surface area (Å²) in [5, 5.41) is 0.910. The van der Waals surface area contributed by atoms with Gasteiger partial charge < -0.3 is 14.2 Å². The molecule has 1 saturated carbocycles. The van der Waals surface area contributed by atoms with E-state index in [1.54, 1.807) is 19.2 Å². The zero-order chi connectivity index (χ0) is 27.1. The lowest BCUT2D eigenvalue weighted by atomic mass is 10.1. The molecule has 1 saturated heterocycles. The van der Waals surface area contributed by atoms with Crippen molar-refractivity contribution in [2.24, 2.45) is 7.05 Å². The quantitative estimate of drug-likeness (QED) is 0.314. The molecule has 3 heterocycles. The highest BCUT2D eigenvalue weighted by Gasteiger charge is 2.36. The number of nitrogens with zero attached hydrogens (tertiary/aromatic N) is 4. The van der Waals surface area contributed by atoms with E-state index in [1.165, 1.54) is 5.69 Å². The highest BCUT2D eigenvalue weighted by atomic mass is 32.2. The minimum Gasteiger partial charge on any atom is -0.383 e. The maximum atomic E-state index is 12.6. The van der Waals surface area contributed by atoms with E-state index in [9.17, 15) is 8.42 Å². The highest BCUT2D eigenvalue weighted by molar-refractivity contribution is 7.92. The van der Waals surface area contributed by atoms with Crippen LogP contribution in [0.3, 0.4) is 0 Å². The molecule has 0 unspecified atom stereocenters. The molecule has 2 aromatic carbocycles. The number of pyridine rings is 1. The van der Waals surface area contributed by atoms with E-state index >= 15 is 0 Å². The van der Waals surface area contributed by atoms with E-state index in [4.69, 9.17) is 9.72 Å². The van der Waals surface area contributed by atoms with Crippen molar-refractivity contribution in [2.45, 2.75) is 29.9 Å². The maximum Gasteiger partial charge on any atom is 0.181 e. The fraction of sp³-hybridized carbons (Fsp3) is 0.387. The Kier molecular flexibility index (Phi) is 6.95. The van der Waals surface area contributed by atoms with Crippen molar-refractivity contribution in [1.29, 1.82) is 0 Å². The maximum absolute atomic E-state index is 12.6. The first-order valence-corrected chi connectivity index (χ1v) is 15.3. The summed E-state index contributed by atoms with van der Waals surface area (Å²) in [5.41, 5.74) is 7.43. The van der Waals surface area contributed by atoms with E-state index in [0.717, 1.165) is 91.3 Å². The van der Waals surface area contributed by atoms with Crippen molar-refractivity contribution >= 4 is 26.4 Å². The Balaban J connectivity index is 1.23. The molecule has 0 N–H and O–H groups in total. The summed E-state index contributed by atoms with van der Waals surface area (Å²) in [5.74, 6) is 0. The molecule has 2 aromatic heterocycles. The van der Waals surface area contributed by atoms with E-state index in [0.29, 0.717) is 4.90 Å². The van der Waals surface area contributed by atoms with E-state index in [2.05, 4.69) is 64.7 Å². The second-order valence-corrected chi connectivity index (χ2v) is 13.0. The lowest BCUT2D eigenvalue weighted by Crippen LogP contribution is -2.47. The van der Waals surface area contributed by atoms with Crippen molar-refractivity contribution in [2.75, 3.05) is 51.3 Å². The number of aryl methyl sites for hydroxylation is 2. The molecule has 1 aliphatic carbocycles. The number of fused-ring (bicyclic) bond motifs is 1. The summed E-state index contributed by atoms with van der Waals surface area (Å²) < 4.78 is 32.6. The molecule has 0 amide bonds. The summed E-state index contributed by atoms with van der Waals surface area (Å²) in [4.78, 5) is 10.3. The van der Waals surface area contributed by atoms with E-state index in [1.807, 2.05) is 12.1 Å². The van der Waals surface area contributed by atoms with E-state index < -0.39 is 9.84 Å². The second-order valence-electron chi connectivity index (χ2n) is 10.8. The first kappa shape index (κ1) is 26.0. The first-order valence-electron chi connectivity index (χ1n) is 13.7. The Morgan fingerprint density at radius 1 is 0.923 bits per heavy atom. The van der Waals surface area contributed by atoms with Gasteiger partial charge in [-0.1, -0.05) is 24.3 Å². The minimum absolute atomic E-state index is 0.196. The highest BCUT2D eigenvalue weighted by Crippen LogP contribution is 2.36. The molecule has 4 aromatic rings. The summed E-state index contributed by atoms with van der Waals surface area (Å²) in [6.07, 6.45) is 1.55. The van der Waals surface area contributed by atoms with Crippen LogP contribution in [0.15, 0.2) is 65.6 Å². The molecule has 204 valence electrons. The van der Waals surface area contributed by atoms with Gasteiger partial charge in [-0.3, -0.25) is 9.88 Å². The summed E-state index contributed by atoms with van der Waals surface area (Å²) in [7, 11) is 0.632. The standard InChI is InChI=1S/C31H36N4O3S/c1-22-28-20-30(24-6-10-26(11-7-24)39(36,37)27-12-13-27)33(2)31(28)21-29(32-22)23-4-8-25(9-5-23)35-16-14-34(15-17-35)18-19-38-3/h4-11,20-21,27H,12-19H2,1-3H3. The molecular formula is C31H36N4O3S. The van der Waals surface area contributed by atoms with Gasteiger partial charge in [0.05, 0.1) is 28.0 Å². The zero-order valence-corrected chi connectivity index (χ0v) is 23.7. The van der Waals surface area contributed by atoms with Gasteiger partial charge in [0.15, 0.2) is 9.84 Å². The van der Waals surface area contributed by atoms with Crippen LogP contribution < -0.4 is 4.90 Å². The summed E-state index contributed by atoms with van der Waals surface area (Å²) in [6, 6.07) is 20.4. The fourth-order valence-corrected chi connectivity index (χ4v) is 7.25. The van der Waals surface area contributed by atoms with Crippen LogP contribution >= 0.6 is 0 Å². The Morgan fingerprint density at radius 2 is 1.59 bits per heavy atom. The predicted molar refractivity (Wildman–Crippen MR) is 157 cm³/mol. The van der Waals surface area contributed by atoms with Gasteiger partial charge in [0.25, 0.3) is 0 Å². The molecule has 39 heavy (non-hydrogen) atoms. The number of hydrogen-bond donors (Lipinski definition) is 0. The lowest BCUT2D eigenvalue weighted by Gasteiger charge is -2.36. The number of sulfone groups is 1. The van der Waals surface area contributed by atoms with Gasteiger partial charge in [0.1, 0.15) is 0 Å². The molecule has 7 nitrogen and oxygen atoms in total. The van der Waals surface area contributed by atoms with Gasteiger partial charge in [0.2, 0.25) is 0 Å². The number of ether oxygens (including phenoxy) is 1. The third-order valence-corrected chi connectivity index (χ3v) is 10.5. The van der Waals surface area contributed by atoms with Crippen molar-refractivity contribution in [3.05, 3.63) is 66.4 Å². The molecule has 0 spiro atoms. The average Bonchev–Trinajstić information content (AvgIpc) is 3.77. The van der Waals surface area contributed by atoms with Gasteiger partial charge in [0, 0.05) is 74.9 Å². The van der Waals surface area contributed by atoms with Crippen LogP contribution in [0.1, 0.15) is 18.5 Å². The van der Waals surface area contributed by atoms with Gasteiger partial charge in [-0.2, -0.15) is 0 Å². The van der Waals surface area contributed by atoms with Crippen LogP contribution in [-0.4, -0.2) is 74.6 Å². The summed E-state index contributed by atoms with van der Waals surface area (Å²) >= 11 is 0. The molecule has 0 atom stereocenters. The third-order valence-electron chi connectivity index (χ3n) is 8.19. The van der Waals surface area contributed by atoms with Gasteiger partial charge in [-0.25, -0.2) is 8.42 Å². The Bertz CT molecular complexity index is 1580. The smallest absolute Gasteiger partial charge is 0.181 e. The van der Waals surface area contributed by atoms with Crippen LogP contribution in [0.2, 0.25) is 0 Å². The number of benzene rings is 2. The number of rotatable bonds is 8. The number of methoxy groups -OCH3 is 1. The minimum atomic E-state index is -3.19. The van der Waals surface area contributed by atoms with Crippen LogP contribution in [0.25, 0.3) is 33.4 Å². The monoisotopic (exact) mass is 544 g/mol. The van der Waals surface area contributed by atoms with Gasteiger partial charge in [-0.05, 0) is 61.7 Å². The molecular weight excluding hydrogens is 508 g/mol. The largest absolute Gasteiger partial charge is 0.383 e. The second kappa shape index (κ2) is 10.4. The van der Waals surface area contributed by atoms with Crippen LogP contribution in [-0.2, 0) is 21.6 Å². The number of aromatic nitrogens is 2. The molecule has 8 heteroatoms. The number of piperazine rings is 1. The Hall–Kier alpha value is -3.20. The third kappa shape index (κ3) is 5.09. The molecule has 0 bridgehead atoms. The van der Waals surface area contributed by atoms with Crippen LogP contribution in [0, 0.1) is 6.92 Å². The van der Waals surface area contributed by atoms with Crippen molar-refractivity contribution in [1.82, 2.24) is 14.5 Å². The molecule has 6 rings (SSSR count). The molecule has 1 aliphatic heterocycles. The van der Waals surface area contributed by atoms with Crippen molar-refractivity contribution < 1.29 is 13.2 Å². The normalized spacial score (nSPS) is 16.7. The molecule has 2 aliphatic rings. The summed E-state index contributed by atoms with van der Waals surface area (Å²) in [6.45, 7) is 7.97. The average molecular weight is 545 g/mol. The molecule has 2 fully saturated rings. The lowest BCUT2D eigenvalue weighted by molar-refractivity contribution is 0.144. The topological polar surface area (TPSA) is 67.7 Å². The first-order chi connectivity index (χ1) is 18.8. The van der Waals surface area contributed by atoms with Gasteiger partial charge in [-0.15, -0.1) is 0 Å². The van der Waals surface area contributed by atoms with Crippen molar-refractivity contribution in [3.8, 4) is 22.5 Å².